The summed E-state index contributed by atoms with van der Waals surface area (Å²) >= 11 is 0. The fraction of sp³-hybridized carbons (Fsp3) is 0.182. The second-order valence-corrected chi connectivity index (χ2v) is 2.99. The van der Waals surface area contributed by atoms with Gasteiger partial charge in [-0.1, -0.05) is 6.92 Å². The van der Waals surface area contributed by atoms with Crippen molar-refractivity contribution in [2.24, 2.45) is 0 Å². The zero-order valence-electron chi connectivity index (χ0n) is 8.35. The number of nitrogens with one attached hydrogen (secondary N) is 2. The van der Waals surface area contributed by atoms with Crippen LogP contribution in [0.2, 0.25) is 0 Å². The molecule has 0 saturated heterocycles. The van der Waals surface area contributed by atoms with Crippen molar-refractivity contribution >= 4 is 11.9 Å². The molecule has 0 atom stereocenters. The summed E-state index contributed by atoms with van der Waals surface area (Å²) in [6, 6.07) is 3.31. The second kappa shape index (κ2) is 5.24. The Morgan fingerprint density at radius 3 is 2.73 bits per heavy atom. The maximum absolute atomic E-state index is 13.1. The number of halogens is 2. The van der Waals surface area contributed by atoms with Gasteiger partial charge in [0.25, 0.3) is 0 Å². The number of benzene rings is 1. The zero-order valence-corrected chi connectivity index (χ0v) is 8.35. The summed E-state index contributed by atoms with van der Waals surface area (Å²) < 4.78 is 25.7. The van der Waals surface area contributed by atoms with Crippen LogP contribution in [0.15, 0.2) is 30.0 Å². The van der Waals surface area contributed by atoms with E-state index in [4.69, 9.17) is 5.41 Å². The lowest BCUT2D eigenvalue weighted by molar-refractivity contribution is 0.586. The highest BCUT2D eigenvalue weighted by Crippen LogP contribution is 2.15. The van der Waals surface area contributed by atoms with Crippen LogP contribution in [0.1, 0.15) is 13.3 Å². The molecule has 0 fully saturated rings. The van der Waals surface area contributed by atoms with E-state index in [0.717, 1.165) is 11.6 Å². The molecule has 0 spiro atoms. The highest BCUT2D eigenvalue weighted by Gasteiger charge is 2.01. The van der Waals surface area contributed by atoms with Gasteiger partial charge in [-0.05, 0) is 24.1 Å². The lowest BCUT2D eigenvalue weighted by Gasteiger charge is -2.03. The van der Waals surface area contributed by atoms with Crippen LogP contribution in [0.3, 0.4) is 0 Å². The van der Waals surface area contributed by atoms with Gasteiger partial charge in [0.05, 0.1) is 5.69 Å². The molecule has 1 aromatic carbocycles. The van der Waals surface area contributed by atoms with Crippen molar-refractivity contribution in [3.05, 3.63) is 41.6 Å². The molecular formula is C11H12F2N2. The van der Waals surface area contributed by atoms with Crippen molar-refractivity contribution in [1.82, 2.24) is 0 Å². The molecule has 0 amide bonds. The minimum Gasteiger partial charge on any atom is -0.359 e. The van der Waals surface area contributed by atoms with E-state index in [-0.39, 0.29) is 5.69 Å². The van der Waals surface area contributed by atoms with Crippen LogP contribution < -0.4 is 5.32 Å². The first kappa shape index (κ1) is 11.4. The molecule has 0 aliphatic rings. The quantitative estimate of drug-likeness (QED) is 0.735. The average Bonchev–Trinajstić information content (AvgIpc) is 2.22. The Bertz CT molecular complexity index is 386. The summed E-state index contributed by atoms with van der Waals surface area (Å²) in [6.45, 7) is 1.89. The zero-order chi connectivity index (χ0) is 11.3. The first-order valence-corrected chi connectivity index (χ1v) is 4.58. The first-order chi connectivity index (χ1) is 7.17. The van der Waals surface area contributed by atoms with E-state index in [9.17, 15) is 8.78 Å². The molecule has 0 unspecified atom stereocenters. The standard InChI is InChI=1S/C11H12F2N2/c1-2-8(6-14)7-15-11-4-3-9(12)5-10(11)13/h3-7,14-15H,2H2,1H3/b8-7-,14-6?. The number of hydrogen-bond donors (Lipinski definition) is 2. The summed E-state index contributed by atoms with van der Waals surface area (Å²) in [6.07, 6.45) is 3.40. The third-order valence-corrected chi connectivity index (χ3v) is 1.94. The van der Waals surface area contributed by atoms with E-state index in [0.29, 0.717) is 6.42 Å². The van der Waals surface area contributed by atoms with E-state index >= 15 is 0 Å². The number of anilines is 1. The first-order valence-electron chi connectivity index (χ1n) is 4.58. The minimum absolute atomic E-state index is 0.198. The smallest absolute Gasteiger partial charge is 0.149 e. The third-order valence-electron chi connectivity index (χ3n) is 1.94. The van der Waals surface area contributed by atoms with Crippen molar-refractivity contribution < 1.29 is 8.78 Å². The Morgan fingerprint density at radius 2 is 2.20 bits per heavy atom. The largest absolute Gasteiger partial charge is 0.359 e. The topological polar surface area (TPSA) is 35.9 Å². The molecule has 0 radical (unpaired) electrons. The Labute approximate surface area is 87.1 Å². The molecule has 1 rings (SSSR count). The van der Waals surface area contributed by atoms with Crippen molar-refractivity contribution in [2.75, 3.05) is 5.32 Å². The Morgan fingerprint density at radius 1 is 1.47 bits per heavy atom. The monoisotopic (exact) mass is 210 g/mol. The molecule has 0 aliphatic heterocycles. The average molecular weight is 210 g/mol. The van der Waals surface area contributed by atoms with E-state index < -0.39 is 11.6 Å². The molecular weight excluding hydrogens is 198 g/mol. The van der Waals surface area contributed by atoms with E-state index in [1.54, 1.807) is 0 Å². The number of allylic oxidation sites excluding steroid dienone is 1. The van der Waals surface area contributed by atoms with E-state index in [1.807, 2.05) is 6.92 Å². The predicted molar refractivity (Wildman–Crippen MR) is 57.1 cm³/mol. The van der Waals surface area contributed by atoms with Crippen LogP contribution in [0.25, 0.3) is 0 Å². The van der Waals surface area contributed by atoms with Gasteiger partial charge in [0.15, 0.2) is 0 Å². The normalized spacial score (nSPS) is 11.3. The van der Waals surface area contributed by atoms with Gasteiger partial charge in [-0.15, -0.1) is 0 Å². The molecule has 4 heteroatoms. The number of rotatable bonds is 4. The molecule has 0 heterocycles. The maximum Gasteiger partial charge on any atom is 0.149 e. The third kappa shape index (κ3) is 3.16. The van der Waals surface area contributed by atoms with Crippen molar-refractivity contribution in [3.63, 3.8) is 0 Å². The maximum atomic E-state index is 13.1. The van der Waals surface area contributed by atoms with Crippen molar-refractivity contribution in [1.29, 1.82) is 5.41 Å². The van der Waals surface area contributed by atoms with Gasteiger partial charge in [0.2, 0.25) is 0 Å². The molecule has 1 aromatic rings. The molecule has 0 bridgehead atoms. The van der Waals surface area contributed by atoms with Crippen molar-refractivity contribution in [2.45, 2.75) is 13.3 Å². The van der Waals surface area contributed by atoms with Gasteiger partial charge in [-0.2, -0.15) is 0 Å². The van der Waals surface area contributed by atoms with Gasteiger partial charge in [0.1, 0.15) is 11.6 Å². The van der Waals surface area contributed by atoms with Crippen LogP contribution in [0.5, 0.6) is 0 Å². The fourth-order valence-electron chi connectivity index (χ4n) is 1.02. The van der Waals surface area contributed by atoms with Gasteiger partial charge in [0, 0.05) is 18.5 Å². The van der Waals surface area contributed by atoms with Crippen LogP contribution in [0, 0.1) is 17.0 Å². The Balaban J connectivity index is 2.81. The SMILES string of the molecule is CC/C(C=N)=C/Nc1ccc(F)cc1F. The summed E-state index contributed by atoms with van der Waals surface area (Å²) in [4.78, 5) is 0. The van der Waals surface area contributed by atoms with Gasteiger partial charge >= 0.3 is 0 Å². The molecule has 0 aromatic heterocycles. The van der Waals surface area contributed by atoms with Gasteiger partial charge in [-0.25, -0.2) is 8.78 Å². The van der Waals surface area contributed by atoms with Crippen LogP contribution in [-0.2, 0) is 0 Å². The molecule has 2 nitrogen and oxygen atoms in total. The highest BCUT2D eigenvalue weighted by atomic mass is 19.1. The highest BCUT2D eigenvalue weighted by molar-refractivity contribution is 5.76. The second-order valence-electron chi connectivity index (χ2n) is 2.99. The molecule has 2 N–H and O–H groups in total. The predicted octanol–water partition coefficient (Wildman–Crippen LogP) is 3.32. The van der Waals surface area contributed by atoms with Crippen LogP contribution >= 0.6 is 0 Å². The molecule has 0 aliphatic carbocycles. The van der Waals surface area contributed by atoms with Crippen LogP contribution in [-0.4, -0.2) is 6.21 Å². The lowest BCUT2D eigenvalue weighted by atomic mass is 10.2. The molecule has 15 heavy (non-hydrogen) atoms. The summed E-state index contributed by atoms with van der Waals surface area (Å²) in [7, 11) is 0. The van der Waals surface area contributed by atoms with Crippen molar-refractivity contribution in [3.8, 4) is 0 Å². The summed E-state index contributed by atoms with van der Waals surface area (Å²) in [5.74, 6) is -1.25. The minimum atomic E-state index is -0.647. The lowest BCUT2D eigenvalue weighted by Crippen LogP contribution is -1.95. The van der Waals surface area contributed by atoms with E-state index in [2.05, 4.69) is 5.32 Å². The van der Waals surface area contributed by atoms with Gasteiger partial charge in [-0.3, -0.25) is 0 Å². The Kier molecular flexibility index (Phi) is 3.97. The Hall–Kier alpha value is -1.71. The van der Waals surface area contributed by atoms with E-state index in [1.165, 1.54) is 24.5 Å². The fourth-order valence-corrected chi connectivity index (χ4v) is 1.02. The summed E-state index contributed by atoms with van der Waals surface area (Å²) in [5.41, 5.74) is 0.933. The molecule has 80 valence electrons. The summed E-state index contributed by atoms with van der Waals surface area (Å²) in [5, 5.41) is 9.71. The number of hydrogen-bond acceptors (Lipinski definition) is 2. The molecule has 0 saturated carbocycles. The van der Waals surface area contributed by atoms with Crippen LogP contribution in [0.4, 0.5) is 14.5 Å². The van der Waals surface area contributed by atoms with Gasteiger partial charge < -0.3 is 10.7 Å².